The second kappa shape index (κ2) is 7.10. The molecule has 0 amide bonds. The van der Waals surface area contributed by atoms with Crippen molar-refractivity contribution in [3.63, 3.8) is 0 Å². The molecule has 8 heteroatoms. The minimum absolute atomic E-state index is 0.188. The summed E-state index contributed by atoms with van der Waals surface area (Å²) >= 11 is 1.30. The van der Waals surface area contributed by atoms with Gasteiger partial charge in [0.05, 0.1) is 12.7 Å². The standard InChI is InChI=1S/C17H16F2N4OS/c1-10(11-7-8-13(18)14(19)9-11)25-17-22-21-16(23(17)20)12-5-3-4-6-15(12)24-2/h3-10H,20H2,1-2H3. The van der Waals surface area contributed by atoms with Crippen LogP contribution in [0.2, 0.25) is 0 Å². The van der Waals surface area contributed by atoms with Crippen LogP contribution in [-0.4, -0.2) is 22.0 Å². The van der Waals surface area contributed by atoms with Crippen LogP contribution in [0.25, 0.3) is 11.4 Å². The fraction of sp³-hybridized carbons (Fsp3) is 0.176. The predicted octanol–water partition coefficient (Wildman–Crippen LogP) is 3.80. The molecule has 0 saturated heterocycles. The first kappa shape index (κ1) is 17.2. The van der Waals surface area contributed by atoms with Gasteiger partial charge in [0.2, 0.25) is 5.16 Å². The van der Waals surface area contributed by atoms with Gasteiger partial charge in [0.25, 0.3) is 0 Å². The van der Waals surface area contributed by atoms with E-state index in [9.17, 15) is 8.78 Å². The molecular weight excluding hydrogens is 346 g/mol. The monoisotopic (exact) mass is 362 g/mol. The lowest BCUT2D eigenvalue weighted by Crippen LogP contribution is -2.12. The van der Waals surface area contributed by atoms with Gasteiger partial charge in [-0.25, -0.2) is 13.5 Å². The van der Waals surface area contributed by atoms with E-state index in [1.807, 2.05) is 25.1 Å². The van der Waals surface area contributed by atoms with Crippen molar-refractivity contribution in [2.75, 3.05) is 13.0 Å². The fourth-order valence-corrected chi connectivity index (χ4v) is 3.25. The molecule has 0 saturated carbocycles. The average molecular weight is 362 g/mol. The molecule has 1 atom stereocenters. The molecule has 1 aromatic heterocycles. The Morgan fingerprint density at radius 3 is 2.60 bits per heavy atom. The maximum atomic E-state index is 13.4. The summed E-state index contributed by atoms with van der Waals surface area (Å²) in [6.07, 6.45) is 0. The van der Waals surface area contributed by atoms with Crippen LogP contribution in [0, 0.1) is 11.6 Å². The van der Waals surface area contributed by atoms with E-state index in [1.54, 1.807) is 13.2 Å². The number of benzene rings is 2. The first-order chi connectivity index (χ1) is 12.0. The summed E-state index contributed by atoms with van der Waals surface area (Å²) in [5.74, 6) is 5.45. The number of nitrogens with zero attached hydrogens (tertiary/aromatic N) is 3. The molecule has 5 nitrogen and oxygen atoms in total. The molecule has 0 aliphatic carbocycles. The number of methoxy groups -OCH3 is 1. The minimum Gasteiger partial charge on any atom is -0.496 e. The maximum Gasteiger partial charge on any atom is 0.210 e. The van der Waals surface area contributed by atoms with Gasteiger partial charge in [-0.05, 0) is 36.8 Å². The summed E-state index contributed by atoms with van der Waals surface area (Å²) in [5, 5.41) is 8.50. The number of thioether (sulfide) groups is 1. The summed E-state index contributed by atoms with van der Waals surface area (Å²) in [5.41, 5.74) is 1.35. The largest absolute Gasteiger partial charge is 0.496 e. The van der Waals surface area contributed by atoms with Crippen molar-refractivity contribution in [3.8, 4) is 17.1 Å². The predicted molar refractivity (Wildman–Crippen MR) is 92.8 cm³/mol. The fourth-order valence-electron chi connectivity index (χ4n) is 2.36. The topological polar surface area (TPSA) is 66.0 Å². The summed E-state index contributed by atoms with van der Waals surface area (Å²) in [6, 6.07) is 11.2. The Balaban J connectivity index is 1.87. The Hall–Kier alpha value is -2.61. The summed E-state index contributed by atoms with van der Waals surface area (Å²) in [6.45, 7) is 1.86. The molecule has 130 valence electrons. The third kappa shape index (κ3) is 3.43. The van der Waals surface area contributed by atoms with E-state index in [0.29, 0.717) is 27.9 Å². The van der Waals surface area contributed by atoms with Gasteiger partial charge >= 0.3 is 0 Å². The quantitative estimate of drug-likeness (QED) is 0.552. The highest BCUT2D eigenvalue weighted by Gasteiger charge is 2.19. The highest BCUT2D eigenvalue weighted by molar-refractivity contribution is 7.99. The van der Waals surface area contributed by atoms with Crippen LogP contribution in [0.15, 0.2) is 47.6 Å². The number of para-hydroxylation sites is 1. The third-order valence-corrected chi connectivity index (χ3v) is 4.82. The lowest BCUT2D eigenvalue weighted by molar-refractivity contribution is 0.416. The number of aromatic nitrogens is 3. The van der Waals surface area contributed by atoms with Crippen LogP contribution in [-0.2, 0) is 0 Å². The Labute approximate surface area is 147 Å². The smallest absolute Gasteiger partial charge is 0.210 e. The first-order valence-electron chi connectivity index (χ1n) is 7.46. The van der Waals surface area contributed by atoms with Gasteiger partial charge in [0.1, 0.15) is 5.75 Å². The van der Waals surface area contributed by atoms with Crippen molar-refractivity contribution in [3.05, 3.63) is 59.7 Å². The Bertz CT molecular complexity index is 900. The lowest BCUT2D eigenvalue weighted by atomic mass is 10.1. The van der Waals surface area contributed by atoms with Gasteiger partial charge in [-0.2, -0.15) is 0 Å². The van der Waals surface area contributed by atoms with E-state index in [4.69, 9.17) is 10.6 Å². The van der Waals surface area contributed by atoms with Crippen molar-refractivity contribution < 1.29 is 13.5 Å². The number of halogens is 2. The molecule has 3 aromatic rings. The molecule has 0 radical (unpaired) electrons. The van der Waals surface area contributed by atoms with Gasteiger partial charge in [-0.1, -0.05) is 30.0 Å². The second-order valence-corrected chi connectivity index (χ2v) is 6.62. The molecule has 0 bridgehead atoms. The van der Waals surface area contributed by atoms with Crippen molar-refractivity contribution in [2.24, 2.45) is 0 Å². The molecule has 0 aliphatic rings. The summed E-state index contributed by atoms with van der Waals surface area (Å²) in [4.78, 5) is 0. The van der Waals surface area contributed by atoms with Crippen molar-refractivity contribution >= 4 is 11.8 Å². The highest BCUT2D eigenvalue weighted by atomic mass is 32.2. The van der Waals surface area contributed by atoms with Gasteiger partial charge in [0, 0.05) is 5.25 Å². The Morgan fingerprint density at radius 2 is 1.88 bits per heavy atom. The number of rotatable bonds is 5. The third-order valence-electron chi connectivity index (χ3n) is 3.71. The van der Waals surface area contributed by atoms with Crippen LogP contribution in [0.4, 0.5) is 8.78 Å². The zero-order valence-corrected chi connectivity index (χ0v) is 14.4. The van der Waals surface area contributed by atoms with E-state index in [0.717, 1.165) is 6.07 Å². The Morgan fingerprint density at radius 1 is 1.12 bits per heavy atom. The zero-order chi connectivity index (χ0) is 18.0. The van der Waals surface area contributed by atoms with Crippen LogP contribution < -0.4 is 10.6 Å². The van der Waals surface area contributed by atoms with E-state index < -0.39 is 11.6 Å². The summed E-state index contributed by atoms with van der Waals surface area (Å²) < 4.78 is 33.2. The second-order valence-electron chi connectivity index (χ2n) is 5.31. The molecule has 0 spiro atoms. The van der Waals surface area contributed by atoms with Crippen LogP contribution in [0.5, 0.6) is 5.75 Å². The first-order valence-corrected chi connectivity index (χ1v) is 8.34. The number of hydrogen-bond acceptors (Lipinski definition) is 5. The van der Waals surface area contributed by atoms with E-state index >= 15 is 0 Å². The Kier molecular flexibility index (Phi) is 4.89. The normalized spacial score (nSPS) is 12.2. The molecule has 25 heavy (non-hydrogen) atoms. The van der Waals surface area contributed by atoms with Gasteiger partial charge in [0.15, 0.2) is 17.5 Å². The van der Waals surface area contributed by atoms with E-state index in [-0.39, 0.29) is 5.25 Å². The molecule has 0 fully saturated rings. The maximum absolute atomic E-state index is 13.4. The van der Waals surface area contributed by atoms with Gasteiger partial charge in [-0.3, -0.25) is 0 Å². The highest BCUT2D eigenvalue weighted by Crippen LogP contribution is 2.36. The number of nitrogen functional groups attached to an aromatic ring is 1. The van der Waals surface area contributed by atoms with E-state index in [1.165, 1.54) is 28.6 Å². The molecule has 1 unspecified atom stereocenters. The zero-order valence-electron chi connectivity index (χ0n) is 13.6. The number of ether oxygens (including phenoxy) is 1. The molecule has 3 rings (SSSR count). The van der Waals surface area contributed by atoms with Crippen LogP contribution in [0.3, 0.4) is 0 Å². The number of hydrogen-bond donors (Lipinski definition) is 1. The van der Waals surface area contributed by atoms with Crippen LogP contribution in [0.1, 0.15) is 17.7 Å². The minimum atomic E-state index is -0.881. The van der Waals surface area contributed by atoms with Gasteiger partial charge < -0.3 is 10.6 Å². The van der Waals surface area contributed by atoms with Crippen molar-refractivity contribution in [1.82, 2.24) is 14.9 Å². The van der Waals surface area contributed by atoms with Crippen LogP contribution >= 0.6 is 11.8 Å². The molecule has 2 N–H and O–H groups in total. The molecular formula is C17H16F2N4OS. The molecule has 1 heterocycles. The number of nitrogens with two attached hydrogens (primary N) is 1. The van der Waals surface area contributed by atoms with E-state index in [2.05, 4.69) is 10.2 Å². The van der Waals surface area contributed by atoms with Crippen molar-refractivity contribution in [2.45, 2.75) is 17.3 Å². The van der Waals surface area contributed by atoms with Crippen molar-refractivity contribution in [1.29, 1.82) is 0 Å². The summed E-state index contributed by atoms with van der Waals surface area (Å²) in [7, 11) is 1.57. The lowest BCUT2D eigenvalue weighted by Gasteiger charge is -2.12. The average Bonchev–Trinajstić information content (AvgIpc) is 2.97. The molecule has 0 aliphatic heterocycles. The molecule has 2 aromatic carbocycles. The SMILES string of the molecule is COc1ccccc1-c1nnc(SC(C)c2ccc(F)c(F)c2)n1N. The van der Waals surface area contributed by atoms with Gasteiger partial charge in [-0.15, -0.1) is 10.2 Å².